The zero-order valence-corrected chi connectivity index (χ0v) is 15.3. The van der Waals surface area contributed by atoms with Crippen molar-refractivity contribution in [1.29, 1.82) is 0 Å². The lowest BCUT2D eigenvalue weighted by molar-refractivity contribution is -0.127. The number of hydrogen-bond donors (Lipinski definition) is 1. The van der Waals surface area contributed by atoms with Gasteiger partial charge in [-0.3, -0.25) is 4.79 Å². The number of aromatic nitrogens is 2. The zero-order valence-electron chi connectivity index (χ0n) is 13.7. The van der Waals surface area contributed by atoms with Crippen LogP contribution in [0.25, 0.3) is 0 Å². The molecule has 0 saturated heterocycles. The predicted molar refractivity (Wildman–Crippen MR) is 99.6 cm³/mol. The lowest BCUT2D eigenvalue weighted by Crippen LogP contribution is -2.27. The fraction of sp³-hybridized carbons (Fsp3) is 0.235. The van der Waals surface area contributed by atoms with Gasteiger partial charge in [0, 0.05) is 13.6 Å². The molecule has 2 aromatic heterocycles. The van der Waals surface area contributed by atoms with Crippen molar-refractivity contribution in [3.8, 4) is 0 Å². The third kappa shape index (κ3) is 5.33. The summed E-state index contributed by atoms with van der Waals surface area (Å²) < 4.78 is 6.02. The van der Waals surface area contributed by atoms with Crippen molar-refractivity contribution in [2.24, 2.45) is 0 Å². The molecular formula is C17H18N4O2S2. The quantitative estimate of drug-likeness (QED) is 0.609. The Morgan fingerprint density at radius 3 is 2.84 bits per heavy atom. The van der Waals surface area contributed by atoms with Crippen LogP contribution >= 0.6 is 23.1 Å². The number of hydrogen-bond acceptors (Lipinski definition) is 7. The van der Waals surface area contributed by atoms with E-state index in [2.05, 4.69) is 15.5 Å². The van der Waals surface area contributed by atoms with Gasteiger partial charge >= 0.3 is 0 Å². The summed E-state index contributed by atoms with van der Waals surface area (Å²) in [5, 5.41) is 12.0. The molecule has 0 saturated carbocycles. The average molecular weight is 374 g/mol. The van der Waals surface area contributed by atoms with Crippen molar-refractivity contribution in [2.75, 3.05) is 18.1 Å². The maximum atomic E-state index is 12.2. The molecule has 130 valence electrons. The maximum absolute atomic E-state index is 12.2. The van der Waals surface area contributed by atoms with Crippen LogP contribution < -0.4 is 5.32 Å². The van der Waals surface area contributed by atoms with Crippen molar-refractivity contribution >= 4 is 34.1 Å². The highest BCUT2D eigenvalue weighted by molar-refractivity contribution is 8.01. The minimum atomic E-state index is 0.0640. The summed E-state index contributed by atoms with van der Waals surface area (Å²) in [4.78, 5) is 14.0. The van der Waals surface area contributed by atoms with Gasteiger partial charge < -0.3 is 14.6 Å². The third-order valence-corrected chi connectivity index (χ3v) is 5.41. The fourth-order valence-electron chi connectivity index (χ4n) is 2.09. The van der Waals surface area contributed by atoms with Gasteiger partial charge in [-0.2, -0.15) is 0 Å². The van der Waals surface area contributed by atoms with Crippen LogP contribution in [0.5, 0.6) is 0 Å². The highest BCUT2D eigenvalue weighted by atomic mass is 32.2. The monoisotopic (exact) mass is 374 g/mol. The molecule has 1 aromatic carbocycles. The van der Waals surface area contributed by atoms with Crippen molar-refractivity contribution in [2.45, 2.75) is 17.4 Å². The summed E-state index contributed by atoms with van der Waals surface area (Å²) in [7, 11) is 1.81. The number of carbonyl (C=O) groups excluding carboxylic acids is 1. The Labute approximate surface area is 154 Å². The second kappa shape index (κ2) is 8.68. The van der Waals surface area contributed by atoms with Gasteiger partial charge in [-0.15, -0.1) is 10.2 Å². The standard InChI is InChI=1S/C17H18N4O2S2/c1-21(11-13-6-3-2-4-7-13)15(22)12-24-17-20-19-16(25-17)18-10-14-8-5-9-23-14/h2-9H,10-12H2,1H3,(H,18,19). The van der Waals surface area contributed by atoms with Crippen LogP contribution in [0.1, 0.15) is 11.3 Å². The summed E-state index contributed by atoms with van der Waals surface area (Å²) in [6.45, 7) is 1.16. The van der Waals surface area contributed by atoms with Gasteiger partial charge in [0.2, 0.25) is 11.0 Å². The first-order chi connectivity index (χ1) is 12.2. The van der Waals surface area contributed by atoms with Crippen LogP contribution in [-0.4, -0.2) is 33.8 Å². The van der Waals surface area contributed by atoms with E-state index in [4.69, 9.17) is 4.42 Å². The van der Waals surface area contributed by atoms with Crippen LogP contribution in [0.4, 0.5) is 5.13 Å². The Balaban J connectivity index is 1.44. The fourth-order valence-corrected chi connectivity index (χ4v) is 3.78. The number of rotatable bonds is 8. The van der Waals surface area contributed by atoms with E-state index in [1.165, 1.54) is 23.1 Å². The molecule has 3 rings (SSSR count). The molecule has 0 bridgehead atoms. The van der Waals surface area contributed by atoms with Crippen molar-refractivity contribution < 1.29 is 9.21 Å². The Hall–Kier alpha value is -2.32. The van der Waals surface area contributed by atoms with E-state index < -0.39 is 0 Å². The largest absolute Gasteiger partial charge is 0.467 e. The highest BCUT2D eigenvalue weighted by Crippen LogP contribution is 2.26. The van der Waals surface area contributed by atoms with Gasteiger partial charge in [0.05, 0.1) is 18.6 Å². The van der Waals surface area contributed by atoms with Gasteiger partial charge in [-0.25, -0.2) is 0 Å². The molecule has 3 aromatic rings. The van der Waals surface area contributed by atoms with Crippen molar-refractivity contribution in [3.05, 3.63) is 60.1 Å². The molecule has 0 aliphatic carbocycles. The summed E-state index contributed by atoms with van der Waals surface area (Å²) >= 11 is 2.83. The summed E-state index contributed by atoms with van der Waals surface area (Å²) in [6.07, 6.45) is 1.63. The SMILES string of the molecule is CN(Cc1ccccc1)C(=O)CSc1nnc(NCc2ccco2)s1. The van der Waals surface area contributed by atoms with E-state index in [1.54, 1.807) is 11.2 Å². The molecule has 0 unspecified atom stereocenters. The van der Waals surface area contributed by atoms with Crippen LogP contribution in [0.3, 0.4) is 0 Å². The highest BCUT2D eigenvalue weighted by Gasteiger charge is 2.12. The van der Waals surface area contributed by atoms with Gasteiger partial charge in [0.15, 0.2) is 4.34 Å². The van der Waals surface area contributed by atoms with Gasteiger partial charge in [0.25, 0.3) is 0 Å². The Kier molecular flexibility index (Phi) is 6.08. The Morgan fingerprint density at radius 1 is 1.24 bits per heavy atom. The first kappa shape index (κ1) is 17.5. The molecule has 25 heavy (non-hydrogen) atoms. The first-order valence-corrected chi connectivity index (χ1v) is 9.51. The number of nitrogens with one attached hydrogen (secondary N) is 1. The van der Waals surface area contributed by atoms with Crippen molar-refractivity contribution in [1.82, 2.24) is 15.1 Å². The van der Waals surface area contributed by atoms with Gasteiger partial charge in [-0.05, 0) is 17.7 Å². The maximum Gasteiger partial charge on any atom is 0.233 e. The molecule has 1 N–H and O–H groups in total. The smallest absolute Gasteiger partial charge is 0.233 e. The Morgan fingerprint density at radius 2 is 2.08 bits per heavy atom. The van der Waals surface area contributed by atoms with Gasteiger partial charge in [-0.1, -0.05) is 53.4 Å². The molecule has 6 nitrogen and oxygen atoms in total. The second-order valence-corrected chi connectivity index (χ2v) is 7.53. The van der Waals surface area contributed by atoms with E-state index >= 15 is 0 Å². The lowest BCUT2D eigenvalue weighted by atomic mass is 10.2. The first-order valence-electron chi connectivity index (χ1n) is 7.71. The lowest BCUT2D eigenvalue weighted by Gasteiger charge is -2.16. The van der Waals surface area contributed by atoms with Crippen LogP contribution in [0, 0.1) is 0 Å². The summed E-state index contributed by atoms with van der Waals surface area (Å²) in [5.41, 5.74) is 1.11. The topological polar surface area (TPSA) is 71.3 Å². The summed E-state index contributed by atoms with van der Waals surface area (Å²) in [6, 6.07) is 13.7. The van der Waals surface area contributed by atoms with E-state index in [0.29, 0.717) is 24.0 Å². The molecule has 1 amide bonds. The zero-order chi connectivity index (χ0) is 17.5. The number of thioether (sulfide) groups is 1. The molecule has 0 atom stereocenters. The van der Waals surface area contributed by atoms with Crippen molar-refractivity contribution in [3.63, 3.8) is 0 Å². The third-order valence-electron chi connectivity index (χ3n) is 3.41. The van der Waals surface area contributed by atoms with Crippen LogP contribution in [0.2, 0.25) is 0 Å². The van der Waals surface area contributed by atoms with E-state index in [-0.39, 0.29) is 5.91 Å². The van der Waals surface area contributed by atoms with Gasteiger partial charge in [0.1, 0.15) is 5.76 Å². The second-order valence-electron chi connectivity index (χ2n) is 5.33. The molecule has 8 heteroatoms. The molecule has 0 aliphatic heterocycles. The number of amides is 1. The predicted octanol–water partition coefficient (Wildman–Crippen LogP) is 3.49. The molecule has 0 aliphatic rings. The van der Waals surface area contributed by atoms with Crippen LogP contribution in [0.15, 0.2) is 57.5 Å². The number of furan rings is 1. The average Bonchev–Trinajstić information content (AvgIpc) is 3.30. The normalized spacial score (nSPS) is 10.6. The minimum Gasteiger partial charge on any atom is -0.467 e. The molecule has 0 fully saturated rings. The number of anilines is 1. The minimum absolute atomic E-state index is 0.0640. The number of benzene rings is 1. The number of nitrogens with zero attached hydrogens (tertiary/aromatic N) is 3. The number of carbonyl (C=O) groups is 1. The Bertz CT molecular complexity index is 790. The van der Waals surface area contributed by atoms with Crippen LogP contribution in [-0.2, 0) is 17.9 Å². The molecular weight excluding hydrogens is 356 g/mol. The van der Waals surface area contributed by atoms with E-state index in [9.17, 15) is 4.79 Å². The molecule has 0 spiro atoms. The van der Waals surface area contributed by atoms with E-state index in [1.807, 2.05) is 49.5 Å². The molecule has 0 radical (unpaired) electrons. The summed E-state index contributed by atoms with van der Waals surface area (Å²) in [5.74, 6) is 1.24. The molecule has 2 heterocycles. The van der Waals surface area contributed by atoms with E-state index in [0.717, 1.165) is 15.7 Å².